The topological polar surface area (TPSA) is 26.3 Å². The summed E-state index contributed by atoms with van der Waals surface area (Å²) in [5, 5.41) is 0. The maximum atomic E-state index is 11.9. The molecule has 0 bridgehead atoms. The van der Waals surface area contributed by atoms with Crippen LogP contribution in [-0.4, -0.2) is 21.9 Å². The molecule has 1 aliphatic rings. The van der Waals surface area contributed by atoms with Gasteiger partial charge in [-0.15, -0.1) is 0 Å². The Balaban J connectivity index is 3.18. The largest absolute Gasteiger partial charge is 0.415 e. The average Bonchev–Trinajstić information content (AvgIpc) is 2.30. The maximum Gasteiger partial charge on any atom is 0.163 e. The number of hydrogen-bond donors (Lipinski definition) is 0. The first-order valence-corrected chi connectivity index (χ1v) is 6.09. The van der Waals surface area contributed by atoms with E-state index in [9.17, 15) is 4.79 Å². The number of hydrogen-bond acceptors (Lipinski definition) is 2. The molecule has 0 aromatic rings. The van der Waals surface area contributed by atoms with Crippen LogP contribution in [0.3, 0.4) is 0 Å². The second-order valence-corrected chi connectivity index (χ2v) is 6.15. The minimum absolute atomic E-state index is 0.0289. The van der Waals surface area contributed by atoms with E-state index in [1.165, 1.54) is 0 Å². The first-order chi connectivity index (χ1) is 6.19. The molecule has 0 radical (unpaired) electrons. The van der Waals surface area contributed by atoms with Gasteiger partial charge in [0.2, 0.25) is 0 Å². The van der Waals surface area contributed by atoms with Gasteiger partial charge in [-0.25, -0.2) is 0 Å². The first kappa shape index (κ1) is 11.9. The van der Waals surface area contributed by atoms with E-state index in [2.05, 4.69) is 27.7 Å². The molecule has 2 unspecified atom stereocenters. The van der Waals surface area contributed by atoms with E-state index in [1.807, 2.05) is 6.92 Å². The Kier molecular flexibility index (Phi) is 2.70. The summed E-state index contributed by atoms with van der Waals surface area (Å²) in [6.45, 7) is 10.8. The van der Waals surface area contributed by atoms with Gasteiger partial charge >= 0.3 is 0 Å². The number of rotatable bonds is 1. The highest BCUT2D eigenvalue weighted by Crippen LogP contribution is 2.56. The van der Waals surface area contributed by atoms with Gasteiger partial charge in [0.1, 0.15) is 16.1 Å². The summed E-state index contributed by atoms with van der Waals surface area (Å²) in [6, 6.07) is 0. The molecule has 1 rings (SSSR count). The predicted molar refractivity (Wildman–Crippen MR) is 61.2 cm³/mol. The molecule has 14 heavy (non-hydrogen) atoms. The van der Waals surface area contributed by atoms with Crippen molar-refractivity contribution in [1.82, 2.24) is 0 Å². The standard InChI is InChI=1S/C11H22O2Si/c1-9(2,3)10(4)7-6-8(12)11(10,5)13-14/h6-7H2,1-5,14H3. The molecule has 2 atom stereocenters. The first-order valence-electron chi connectivity index (χ1n) is 5.27. The van der Waals surface area contributed by atoms with E-state index in [0.29, 0.717) is 16.9 Å². The summed E-state index contributed by atoms with van der Waals surface area (Å²) in [6.07, 6.45) is 1.63. The molecule has 0 aromatic heterocycles. The summed E-state index contributed by atoms with van der Waals surface area (Å²) in [7, 11) is 0.628. The van der Waals surface area contributed by atoms with Crippen LogP contribution in [0.25, 0.3) is 0 Å². The maximum absolute atomic E-state index is 11.9. The van der Waals surface area contributed by atoms with Gasteiger partial charge in [0, 0.05) is 11.8 Å². The van der Waals surface area contributed by atoms with Gasteiger partial charge in [0.15, 0.2) is 5.78 Å². The third kappa shape index (κ3) is 1.29. The van der Waals surface area contributed by atoms with Gasteiger partial charge in [0.25, 0.3) is 0 Å². The van der Waals surface area contributed by atoms with E-state index in [4.69, 9.17) is 4.43 Å². The smallest absolute Gasteiger partial charge is 0.163 e. The molecule has 0 heterocycles. The minimum atomic E-state index is -0.544. The van der Waals surface area contributed by atoms with Crippen molar-refractivity contribution in [2.24, 2.45) is 10.8 Å². The van der Waals surface area contributed by atoms with Gasteiger partial charge in [0.05, 0.1) is 0 Å². The SMILES string of the molecule is CC(C)(C)C1(C)CCC(=O)C1(C)O[SiH3]. The van der Waals surface area contributed by atoms with Crippen molar-refractivity contribution in [3.63, 3.8) is 0 Å². The zero-order valence-electron chi connectivity index (χ0n) is 10.2. The molecule has 0 spiro atoms. The number of ketones is 1. The van der Waals surface area contributed by atoms with Crippen molar-refractivity contribution in [2.45, 2.75) is 53.1 Å². The van der Waals surface area contributed by atoms with E-state index >= 15 is 0 Å². The molecule has 0 saturated heterocycles. The van der Waals surface area contributed by atoms with Crippen LogP contribution in [-0.2, 0) is 9.22 Å². The van der Waals surface area contributed by atoms with Crippen molar-refractivity contribution in [3.8, 4) is 0 Å². The summed E-state index contributed by atoms with van der Waals surface area (Å²) in [4.78, 5) is 11.9. The van der Waals surface area contributed by atoms with E-state index in [1.54, 1.807) is 0 Å². The Morgan fingerprint density at radius 1 is 1.36 bits per heavy atom. The molecular weight excluding hydrogens is 192 g/mol. The van der Waals surface area contributed by atoms with Gasteiger partial charge in [-0.3, -0.25) is 4.79 Å². The third-order valence-corrected chi connectivity index (χ3v) is 5.32. The summed E-state index contributed by atoms with van der Waals surface area (Å²) in [5.74, 6) is 0.282. The van der Waals surface area contributed by atoms with Crippen LogP contribution in [0.2, 0.25) is 0 Å². The van der Waals surface area contributed by atoms with E-state index < -0.39 is 5.60 Å². The van der Waals surface area contributed by atoms with Gasteiger partial charge < -0.3 is 4.43 Å². The van der Waals surface area contributed by atoms with Crippen molar-refractivity contribution in [2.75, 3.05) is 0 Å². The van der Waals surface area contributed by atoms with E-state index in [-0.39, 0.29) is 16.6 Å². The number of carbonyl (C=O) groups is 1. The number of carbonyl (C=O) groups excluding carboxylic acids is 1. The van der Waals surface area contributed by atoms with Crippen LogP contribution in [0.4, 0.5) is 0 Å². The molecular formula is C11H22O2Si. The lowest BCUT2D eigenvalue weighted by atomic mass is 9.60. The van der Waals surface area contributed by atoms with Crippen molar-refractivity contribution in [3.05, 3.63) is 0 Å². The highest BCUT2D eigenvalue weighted by Gasteiger charge is 2.59. The second kappa shape index (κ2) is 3.17. The van der Waals surface area contributed by atoms with Crippen LogP contribution in [0.5, 0.6) is 0 Å². The Labute approximate surface area is 90.0 Å². The summed E-state index contributed by atoms with van der Waals surface area (Å²) < 4.78 is 5.64. The monoisotopic (exact) mass is 214 g/mol. The van der Waals surface area contributed by atoms with Crippen LogP contribution in [0.1, 0.15) is 47.5 Å². The Morgan fingerprint density at radius 3 is 2.14 bits per heavy atom. The fourth-order valence-corrected chi connectivity index (χ4v) is 3.26. The van der Waals surface area contributed by atoms with E-state index in [0.717, 1.165) is 6.42 Å². The highest BCUT2D eigenvalue weighted by molar-refractivity contribution is 6.02. The van der Waals surface area contributed by atoms with Crippen LogP contribution in [0, 0.1) is 10.8 Å². The minimum Gasteiger partial charge on any atom is -0.415 e. The fraction of sp³-hybridized carbons (Fsp3) is 0.909. The average molecular weight is 214 g/mol. The predicted octanol–water partition coefficient (Wildman–Crippen LogP) is 1.46. The van der Waals surface area contributed by atoms with Crippen LogP contribution in [0.15, 0.2) is 0 Å². The summed E-state index contributed by atoms with van der Waals surface area (Å²) in [5.41, 5.74) is -0.464. The van der Waals surface area contributed by atoms with Gasteiger partial charge in [-0.1, -0.05) is 27.7 Å². The Hall–Kier alpha value is -0.153. The zero-order chi connectivity index (χ0) is 11.2. The molecule has 3 heteroatoms. The zero-order valence-corrected chi connectivity index (χ0v) is 12.2. The molecule has 0 aromatic carbocycles. The van der Waals surface area contributed by atoms with Gasteiger partial charge in [-0.2, -0.15) is 0 Å². The quantitative estimate of drug-likeness (QED) is 0.618. The summed E-state index contributed by atoms with van der Waals surface area (Å²) >= 11 is 0. The fourth-order valence-electron chi connectivity index (χ4n) is 2.58. The van der Waals surface area contributed by atoms with Crippen molar-refractivity contribution >= 4 is 16.3 Å². The lowest BCUT2D eigenvalue weighted by molar-refractivity contribution is -0.142. The molecule has 0 amide bonds. The molecule has 1 aliphatic carbocycles. The Morgan fingerprint density at radius 2 is 1.86 bits per heavy atom. The van der Waals surface area contributed by atoms with Crippen molar-refractivity contribution in [1.29, 1.82) is 0 Å². The lowest BCUT2D eigenvalue weighted by Gasteiger charge is -2.48. The van der Waals surface area contributed by atoms with Crippen molar-refractivity contribution < 1.29 is 9.22 Å². The van der Waals surface area contributed by atoms with Crippen LogP contribution >= 0.6 is 0 Å². The highest BCUT2D eigenvalue weighted by atomic mass is 28.2. The molecule has 82 valence electrons. The van der Waals surface area contributed by atoms with Crippen LogP contribution < -0.4 is 0 Å². The molecule has 0 aliphatic heterocycles. The molecule has 1 fully saturated rings. The second-order valence-electron chi connectivity index (χ2n) is 5.74. The molecule has 1 saturated carbocycles. The molecule has 2 nitrogen and oxygen atoms in total. The lowest BCUT2D eigenvalue weighted by Crippen LogP contribution is -2.52. The third-order valence-electron chi connectivity index (χ3n) is 4.50. The van der Waals surface area contributed by atoms with Gasteiger partial charge in [-0.05, 0) is 18.8 Å². The number of Topliss-reactive ketones (excluding diaryl/α,β-unsaturated/α-hetero) is 1. The Bertz CT molecular complexity index is 257. The molecule has 0 N–H and O–H groups in total. The normalized spacial score (nSPS) is 39.4.